The molecule has 6 nitrogen and oxygen atoms in total. The first-order chi connectivity index (χ1) is 15.5. The molecule has 2 aromatic carbocycles. The Labute approximate surface area is 186 Å². The molecule has 1 atom stereocenters. The van der Waals surface area contributed by atoms with Gasteiger partial charge in [-0.05, 0) is 49.6 Å². The summed E-state index contributed by atoms with van der Waals surface area (Å²) in [6.45, 7) is 6.32. The number of anilines is 2. The minimum Gasteiger partial charge on any atom is -0.384 e. The van der Waals surface area contributed by atoms with Crippen LogP contribution in [0.3, 0.4) is 0 Å². The van der Waals surface area contributed by atoms with Crippen molar-refractivity contribution in [3.8, 4) is 6.07 Å². The van der Waals surface area contributed by atoms with E-state index < -0.39 is 5.82 Å². The van der Waals surface area contributed by atoms with Crippen LogP contribution in [0.25, 0.3) is 10.9 Å². The van der Waals surface area contributed by atoms with Crippen LogP contribution in [0.4, 0.5) is 15.8 Å². The van der Waals surface area contributed by atoms with E-state index in [0.717, 1.165) is 79.0 Å². The molecule has 1 aromatic heterocycles. The van der Waals surface area contributed by atoms with Gasteiger partial charge in [0.15, 0.2) is 0 Å². The lowest BCUT2D eigenvalue weighted by Crippen LogP contribution is -2.51. The van der Waals surface area contributed by atoms with Crippen molar-refractivity contribution in [2.75, 3.05) is 36.4 Å². The van der Waals surface area contributed by atoms with E-state index in [-0.39, 0.29) is 17.2 Å². The monoisotopic (exact) mass is 431 g/mol. The number of benzene rings is 2. The van der Waals surface area contributed by atoms with Gasteiger partial charge >= 0.3 is 0 Å². The van der Waals surface area contributed by atoms with Crippen molar-refractivity contribution in [2.24, 2.45) is 0 Å². The van der Waals surface area contributed by atoms with E-state index in [1.165, 1.54) is 6.07 Å². The van der Waals surface area contributed by atoms with Gasteiger partial charge in [0.25, 0.3) is 5.56 Å². The van der Waals surface area contributed by atoms with Crippen LogP contribution >= 0.6 is 0 Å². The first-order valence-corrected chi connectivity index (χ1v) is 11.1. The average molecular weight is 432 g/mol. The van der Waals surface area contributed by atoms with Crippen molar-refractivity contribution in [2.45, 2.75) is 32.4 Å². The number of aromatic nitrogens is 1. The van der Waals surface area contributed by atoms with Gasteiger partial charge in [-0.2, -0.15) is 5.26 Å². The zero-order chi connectivity index (χ0) is 22.2. The second-order valence-electron chi connectivity index (χ2n) is 8.77. The summed E-state index contributed by atoms with van der Waals surface area (Å²) < 4.78 is 14.1. The first kappa shape index (κ1) is 20.5. The Balaban J connectivity index is 1.32. The molecule has 2 aliphatic heterocycles. The number of pyridine rings is 1. The Hall–Kier alpha value is -3.37. The van der Waals surface area contributed by atoms with Crippen molar-refractivity contribution in [3.05, 3.63) is 69.3 Å². The van der Waals surface area contributed by atoms with Gasteiger partial charge in [-0.1, -0.05) is 12.1 Å². The minimum absolute atomic E-state index is 0.00809. The van der Waals surface area contributed by atoms with Crippen molar-refractivity contribution >= 4 is 22.3 Å². The number of piperazine rings is 1. The molecule has 1 saturated heterocycles. The highest BCUT2D eigenvalue weighted by atomic mass is 19.1. The molecule has 5 rings (SSSR count). The summed E-state index contributed by atoms with van der Waals surface area (Å²) in [5.41, 5.74) is 4.78. The topological polar surface area (TPSA) is 75.2 Å². The summed E-state index contributed by atoms with van der Waals surface area (Å²) in [4.78, 5) is 20.1. The molecule has 3 heterocycles. The number of halogens is 1. The molecule has 2 aliphatic rings. The normalized spacial score (nSPS) is 18.8. The van der Waals surface area contributed by atoms with Crippen LogP contribution in [-0.4, -0.2) is 42.1 Å². The third-order valence-electron chi connectivity index (χ3n) is 6.61. The summed E-state index contributed by atoms with van der Waals surface area (Å²) in [5, 5.41) is 13.4. The van der Waals surface area contributed by atoms with E-state index in [9.17, 15) is 9.18 Å². The van der Waals surface area contributed by atoms with Crippen molar-refractivity contribution in [1.29, 1.82) is 5.26 Å². The number of hydrogen-bond acceptors (Lipinski definition) is 5. The second-order valence-corrected chi connectivity index (χ2v) is 8.77. The summed E-state index contributed by atoms with van der Waals surface area (Å²) in [7, 11) is 0. The third-order valence-corrected chi connectivity index (χ3v) is 6.61. The van der Waals surface area contributed by atoms with Crippen LogP contribution < -0.4 is 15.8 Å². The molecule has 0 amide bonds. The molecule has 0 unspecified atom stereocenters. The third kappa shape index (κ3) is 3.71. The van der Waals surface area contributed by atoms with Gasteiger partial charge in [0, 0.05) is 55.4 Å². The van der Waals surface area contributed by atoms with Gasteiger partial charge in [0.05, 0.1) is 16.8 Å². The van der Waals surface area contributed by atoms with E-state index in [0.29, 0.717) is 0 Å². The van der Waals surface area contributed by atoms with Crippen LogP contribution in [0.5, 0.6) is 0 Å². The molecule has 32 heavy (non-hydrogen) atoms. The lowest BCUT2D eigenvalue weighted by Gasteiger charge is -2.41. The summed E-state index contributed by atoms with van der Waals surface area (Å²) in [6.07, 6.45) is 1.81. The SMILES string of the molecule is C[C@H]1CN(Cc2ccc3c4c(c(=O)[nH]c3c2)CCCN4)CCN1c1ccc(C#N)c(F)c1. The molecule has 2 N–H and O–H groups in total. The number of nitrogens with zero attached hydrogens (tertiary/aromatic N) is 3. The lowest BCUT2D eigenvalue weighted by atomic mass is 10.0. The minimum atomic E-state index is -0.471. The smallest absolute Gasteiger partial charge is 0.253 e. The Morgan fingerprint density at radius 1 is 1.22 bits per heavy atom. The van der Waals surface area contributed by atoms with Gasteiger partial charge in [0.1, 0.15) is 11.9 Å². The highest BCUT2D eigenvalue weighted by Gasteiger charge is 2.25. The van der Waals surface area contributed by atoms with Crippen LogP contribution in [0, 0.1) is 17.1 Å². The number of aromatic amines is 1. The number of fused-ring (bicyclic) bond motifs is 3. The summed E-state index contributed by atoms with van der Waals surface area (Å²) in [5.74, 6) is -0.471. The number of H-pyrrole nitrogens is 1. The van der Waals surface area contributed by atoms with E-state index in [2.05, 4.69) is 45.2 Å². The molecule has 1 fully saturated rings. The number of hydrogen-bond donors (Lipinski definition) is 2. The first-order valence-electron chi connectivity index (χ1n) is 11.1. The molecular weight excluding hydrogens is 405 g/mol. The Bertz CT molecular complexity index is 1280. The highest BCUT2D eigenvalue weighted by Crippen LogP contribution is 2.29. The van der Waals surface area contributed by atoms with Gasteiger partial charge in [-0.3, -0.25) is 9.69 Å². The van der Waals surface area contributed by atoms with Crippen LogP contribution in [-0.2, 0) is 13.0 Å². The van der Waals surface area contributed by atoms with Crippen LogP contribution in [0.15, 0.2) is 41.2 Å². The lowest BCUT2D eigenvalue weighted by molar-refractivity contribution is 0.221. The Kier molecular flexibility index (Phi) is 5.32. The predicted molar refractivity (Wildman–Crippen MR) is 125 cm³/mol. The highest BCUT2D eigenvalue weighted by molar-refractivity contribution is 5.93. The van der Waals surface area contributed by atoms with Crippen molar-refractivity contribution < 1.29 is 4.39 Å². The van der Waals surface area contributed by atoms with Crippen molar-refractivity contribution in [1.82, 2.24) is 9.88 Å². The molecule has 0 radical (unpaired) electrons. The number of nitrogens with one attached hydrogen (secondary N) is 2. The molecule has 0 saturated carbocycles. The van der Waals surface area contributed by atoms with E-state index in [1.54, 1.807) is 6.07 Å². The quantitative estimate of drug-likeness (QED) is 0.663. The molecular formula is C25H26FN5O. The maximum atomic E-state index is 14.1. The fourth-order valence-corrected chi connectivity index (χ4v) is 5.00. The van der Waals surface area contributed by atoms with Gasteiger partial charge in [0.2, 0.25) is 0 Å². The maximum Gasteiger partial charge on any atom is 0.253 e. The van der Waals surface area contributed by atoms with Crippen LogP contribution in [0.2, 0.25) is 0 Å². The van der Waals surface area contributed by atoms with Crippen molar-refractivity contribution in [3.63, 3.8) is 0 Å². The zero-order valence-corrected chi connectivity index (χ0v) is 18.1. The molecule has 0 bridgehead atoms. The molecule has 3 aromatic rings. The van der Waals surface area contributed by atoms with Crippen LogP contribution in [0.1, 0.15) is 30.0 Å². The predicted octanol–water partition coefficient (Wildman–Crippen LogP) is 3.61. The van der Waals surface area contributed by atoms with Gasteiger partial charge in [-0.25, -0.2) is 4.39 Å². The molecule has 164 valence electrons. The average Bonchev–Trinajstić information content (AvgIpc) is 2.79. The standard InChI is InChI=1S/C25H26FN5O/c1-16-14-30(9-10-31(16)19-6-5-18(13-27)22(26)12-19)15-17-4-7-20-23(11-17)29-25(32)21-3-2-8-28-24(20)21/h4-7,11-12,16,28H,2-3,8-10,14-15H2,1H3,(H,29,32)/t16-/m0/s1. The number of nitriles is 1. The molecule has 7 heteroatoms. The summed E-state index contributed by atoms with van der Waals surface area (Å²) >= 11 is 0. The van der Waals surface area contributed by atoms with E-state index in [4.69, 9.17) is 5.26 Å². The fourth-order valence-electron chi connectivity index (χ4n) is 5.00. The van der Waals surface area contributed by atoms with E-state index >= 15 is 0 Å². The zero-order valence-electron chi connectivity index (χ0n) is 18.1. The largest absolute Gasteiger partial charge is 0.384 e. The van der Waals surface area contributed by atoms with Gasteiger partial charge in [-0.15, -0.1) is 0 Å². The van der Waals surface area contributed by atoms with E-state index in [1.807, 2.05) is 12.1 Å². The molecule has 0 spiro atoms. The summed E-state index contributed by atoms with van der Waals surface area (Å²) in [6, 6.07) is 13.3. The second kappa shape index (κ2) is 8.29. The maximum absolute atomic E-state index is 14.1. The fraction of sp³-hybridized carbons (Fsp3) is 0.360. The van der Waals surface area contributed by atoms with Gasteiger partial charge < -0.3 is 15.2 Å². The number of rotatable bonds is 3. The molecule has 0 aliphatic carbocycles. The Morgan fingerprint density at radius 3 is 2.88 bits per heavy atom. The Morgan fingerprint density at radius 2 is 2.09 bits per heavy atom.